The minimum absolute atomic E-state index is 0.0485. The SMILES string of the molecule is CCn1c(CNC(=O)c2ccc(SCCC(C)C)c([N+](=O)[O-])c2)n[nH]c1=S. The van der Waals surface area contributed by atoms with E-state index in [9.17, 15) is 14.9 Å². The first-order chi connectivity index (χ1) is 12.8. The van der Waals surface area contributed by atoms with E-state index in [4.69, 9.17) is 12.2 Å². The molecule has 1 aromatic carbocycles. The fourth-order valence-corrected chi connectivity index (χ4v) is 3.94. The molecule has 0 radical (unpaired) electrons. The van der Waals surface area contributed by atoms with E-state index in [2.05, 4.69) is 29.4 Å². The Labute approximate surface area is 166 Å². The summed E-state index contributed by atoms with van der Waals surface area (Å²) in [6.07, 6.45) is 0.968. The van der Waals surface area contributed by atoms with E-state index < -0.39 is 10.8 Å². The van der Waals surface area contributed by atoms with Crippen molar-refractivity contribution in [3.8, 4) is 0 Å². The molecule has 2 N–H and O–H groups in total. The van der Waals surface area contributed by atoms with Gasteiger partial charge in [-0.25, -0.2) is 0 Å². The van der Waals surface area contributed by atoms with Gasteiger partial charge < -0.3 is 9.88 Å². The van der Waals surface area contributed by atoms with Crippen molar-refractivity contribution in [2.24, 2.45) is 5.92 Å². The van der Waals surface area contributed by atoms with Gasteiger partial charge in [-0.1, -0.05) is 13.8 Å². The van der Waals surface area contributed by atoms with Gasteiger partial charge in [-0.05, 0) is 49.4 Å². The molecule has 0 unspecified atom stereocenters. The van der Waals surface area contributed by atoms with Crippen molar-refractivity contribution >= 4 is 35.6 Å². The fraction of sp³-hybridized carbons (Fsp3) is 0.471. The van der Waals surface area contributed by atoms with Crippen LogP contribution in [0.3, 0.4) is 0 Å². The molecule has 146 valence electrons. The van der Waals surface area contributed by atoms with Gasteiger partial charge in [0.05, 0.1) is 16.4 Å². The highest BCUT2D eigenvalue weighted by Crippen LogP contribution is 2.31. The number of hydrogen-bond donors (Lipinski definition) is 2. The maximum Gasteiger partial charge on any atom is 0.283 e. The zero-order chi connectivity index (χ0) is 20.0. The number of carbonyl (C=O) groups excluding carboxylic acids is 1. The summed E-state index contributed by atoms with van der Waals surface area (Å²) in [6.45, 7) is 6.96. The molecule has 0 aliphatic heterocycles. The first kappa shape index (κ1) is 21.1. The number of carbonyl (C=O) groups is 1. The third kappa shape index (κ3) is 5.64. The molecule has 0 bridgehead atoms. The number of thioether (sulfide) groups is 1. The van der Waals surface area contributed by atoms with Crippen LogP contribution in [-0.2, 0) is 13.1 Å². The lowest BCUT2D eigenvalue weighted by atomic mass is 10.2. The molecule has 10 heteroatoms. The number of hydrogen-bond acceptors (Lipinski definition) is 6. The average Bonchev–Trinajstić information content (AvgIpc) is 2.99. The third-order valence-electron chi connectivity index (χ3n) is 3.93. The maximum atomic E-state index is 12.4. The molecule has 1 aromatic heterocycles. The number of aromatic nitrogens is 3. The van der Waals surface area contributed by atoms with E-state index in [1.54, 1.807) is 16.7 Å². The Morgan fingerprint density at radius 1 is 1.48 bits per heavy atom. The van der Waals surface area contributed by atoms with Crippen molar-refractivity contribution < 1.29 is 9.72 Å². The van der Waals surface area contributed by atoms with Crippen LogP contribution in [0.15, 0.2) is 23.1 Å². The standard InChI is InChI=1S/C17H23N5O3S2/c1-4-21-15(19-20-17(21)26)10-18-16(23)12-5-6-14(13(9-12)22(24)25)27-8-7-11(2)3/h5-6,9,11H,4,7-8,10H2,1-3H3,(H,18,23)(H,20,26). The predicted octanol–water partition coefficient (Wildman–Crippen LogP) is 3.94. The maximum absolute atomic E-state index is 12.4. The van der Waals surface area contributed by atoms with Crippen LogP contribution in [0.25, 0.3) is 0 Å². The molecule has 0 aliphatic carbocycles. The number of rotatable bonds is 9. The lowest BCUT2D eigenvalue weighted by Gasteiger charge is -2.08. The second-order valence-electron chi connectivity index (χ2n) is 6.34. The van der Waals surface area contributed by atoms with Gasteiger partial charge in [0.15, 0.2) is 10.6 Å². The zero-order valence-corrected chi connectivity index (χ0v) is 17.2. The molecule has 1 heterocycles. The largest absolute Gasteiger partial charge is 0.345 e. The number of nitrogens with one attached hydrogen (secondary N) is 2. The summed E-state index contributed by atoms with van der Waals surface area (Å²) in [6, 6.07) is 4.57. The van der Waals surface area contributed by atoms with Crippen LogP contribution in [0.2, 0.25) is 0 Å². The number of nitro groups is 1. The zero-order valence-electron chi connectivity index (χ0n) is 15.5. The number of nitrogens with zero attached hydrogens (tertiary/aromatic N) is 3. The lowest BCUT2D eigenvalue weighted by molar-refractivity contribution is -0.387. The Bertz CT molecular complexity index is 876. The second-order valence-corrected chi connectivity index (χ2v) is 7.87. The molecular weight excluding hydrogens is 386 g/mol. The number of benzene rings is 1. The fourth-order valence-electron chi connectivity index (χ4n) is 2.40. The molecule has 2 rings (SSSR count). The van der Waals surface area contributed by atoms with Gasteiger partial charge in [-0.2, -0.15) is 5.10 Å². The summed E-state index contributed by atoms with van der Waals surface area (Å²) < 4.78 is 2.26. The van der Waals surface area contributed by atoms with Crippen LogP contribution in [0.1, 0.15) is 43.4 Å². The van der Waals surface area contributed by atoms with E-state index in [0.717, 1.165) is 12.2 Å². The molecule has 0 saturated heterocycles. The smallest absolute Gasteiger partial charge is 0.283 e. The Hall–Kier alpha value is -2.20. The summed E-state index contributed by atoms with van der Waals surface area (Å²) >= 11 is 6.55. The van der Waals surface area contributed by atoms with Crippen molar-refractivity contribution in [2.75, 3.05) is 5.75 Å². The molecule has 8 nitrogen and oxygen atoms in total. The predicted molar refractivity (Wildman–Crippen MR) is 108 cm³/mol. The summed E-state index contributed by atoms with van der Waals surface area (Å²) in [7, 11) is 0. The van der Waals surface area contributed by atoms with Gasteiger partial charge >= 0.3 is 0 Å². The van der Waals surface area contributed by atoms with Crippen molar-refractivity contribution in [3.05, 3.63) is 44.5 Å². The van der Waals surface area contributed by atoms with Crippen molar-refractivity contribution in [1.29, 1.82) is 0 Å². The minimum Gasteiger partial charge on any atom is -0.345 e. The molecule has 0 atom stereocenters. The molecule has 27 heavy (non-hydrogen) atoms. The van der Waals surface area contributed by atoms with Crippen LogP contribution in [0, 0.1) is 20.8 Å². The van der Waals surface area contributed by atoms with E-state index in [-0.39, 0.29) is 17.8 Å². The van der Waals surface area contributed by atoms with Gasteiger partial charge in [0.1, 0.15) is 0 Å². The second kappa shape index (κ2) is 9.65. The number of H-pyrrole nitrogens is 1. The highest BCUT2D eigenvalue weighted by atomic mass is 32.2. The molecule has 0 saturated carbocycles. The number of nitro benzene ring substituents is 1. The summed E-state index contributed by atoms with van der Waals surface area (Å²) in [5, 5.41) is 20.9. The quantitative estimate of drug-likeness (QED) is 0.281. The van der Waals surface area contributed by atoms with E-state index in [0.29, 0.717) is 28.0 Å². The van der Waals surface area contributed by atoms with Crippen molar-refractivity contribution in [1.82, 2.24) is 20.1 Å². The topological polar surface area (TPSA) is 106 Å². The Balaban J connectivity index is 2.10. The van der Waals surface area contributed by atoms with Crippen LogP contribution in [0.4, 0.5) is 5.69 Å². The summed E-state index contributed by atoms with van der Waals surface area (Å²) in [5.41, 5.74) is 0.194. The molecule has 2 aromatic rings. The molecule has 0 spiro atoms. The summed E-state index contributed by atoms with van der Waals surface area (Å²) in [4.78, 5) is 23.9. The van der Waals surface area contributed by atoms with Crippen molar-refractivity contribution in [2.45, 2.75) is 45.2 Å². The van der Waals surface area contributed by atoms with E-state index in [1.807, 2.05) is 6.92 Å². The summed E-state index contributed by atoms with van der Waals surface area (Å²) in [5.74, 6) is 1.54. The van der Waals surface area contributed by atoms with Crippen LogP contribution in [-0.4, -0.2) is 31.3 Å². The van der Waals surface area contributed by atoms with E-state index in [1.165, 1.54) is 17.8 Å². The molecular formula is C17H23N5O3S2. The van der Waals surface area contributed by atoms with Crippen LogP contribution >= 0.6 is 24.0 Å². The van der Waals surface area contributed by atoms with Gasteiger partial charge in [-0.15, -0.1) is 11.8 Å². The van der Waals surface area contributed by atoms with Crippen molar-refractivity contribution in [3.63, 3.8) is 0 Å². The Morgan fingerprint density at radius 3 is 2.85 bits per heavy atom. The van der Waals surface area contributed by atoms with Gasteiger partial charge in [0, 0.05) is 18.2 Å². The van der Waals surface area contributed by atoms with Gasteiger partial charge in [0.2, 0.25) is 0 Å². The molecule has 1 amide bonds. The normalized spacial score (nSPS) is 11.0. The Morgan fingerprint density at radius 2 is 2.22 bits per heavy atom. The number of amides is 1. The highest BCUT2D eigenvalue weighted by Gasteiger charge is 2.18. The number of aromatic amines is 1. The average molecular weight is 410 g/mol. The van der Waals surface area contributed by atoms with E-state index >= 15 is 0 Å². The minimum atomic E-state index is -0.448. The molecule has 0 fully saturated rings. The molecule has 0 aliphatic rings. The first-order valence-corrected chi connectivity index (χ1v) is 10.1. The van der Waals surface area contributed by atoms with Crippen LogP contribution in [0.5, 0.6) is 0 Å². The Kier molecular flexibility index (Phi) is 7.55. The third-order valence-corrected chi connectivity index (χ3v) is 5.34. The van der Waals surface area contributed by atoms with Crippen LogP contribution < -0.4 is 5.32 Å². The lowest BCUT2D eigenvalue weighted by Crippen LogP contribution is -2.24. The first-order valence-electron chi connectivity index (χ1n) is 8.67. The highest BCUT2D eigenvalue weighted by molar-refractivity contribution is 7.99. The van der Waals surface area contributed by atoms with Gasteiger partial charge in [-0.3, -0.25) is 20.0 Å². The monoisotopic (exact) mass is 409 g/mol. The van der Waals surface area contributed by atoms with Gasteiger partial charge in [0.25, 0.3) is 11.6 Å².